The van der Waals surface area contributed by atoms with E-state index in [2.05, 4.69) is 28.2 Å². The molecule has 9 heteroatoms. The molecule has 0 spiro atoms. The lowest BCUT2D eigenvalue weighted by Crippen LogP contribution is -2.05. The monoisotopic (exact) mass is 499 g/mol. The second-order valence-corrected chi connectivity index (χ2v) is 8.41. The molecule has 0 unspecified atom stereocenters. The third-order valence-electron chi connectivity index (χ3n) is 5.70. The average Bonchev–Trinajstić information content (AvgIpc) is 3.52. The largest absolute Gasteiger partial charge is 0.487 e. The maximum atomic E-state index is 14.0. The summed E-state index contributed by atoms with van der Waals surface area (Å²) in [7, 11) is 0. The van der Waals surface area contributed by atoms with Crippen molar-refractivity contribution in [2.75, 3.05) is 0 Å². The smallest absolute Gasteiger partial charge is 0.416 e. The van der Waals surface area contributed by atoms with Gasteiger partial charge in [0.2, 0.25) is 5.89 Å². The van der Waals surface area contributed by atoms with Crippen LogP contribution in [0.2, 0.25) is 0 Å². The standard InChI is InChI=1S/C27H25F4N3O2/c1-18-14-24(10-7-19(18)4-2-3-5-22-12-13-32-34-22)35-16-23-17-36-26(33-23)11-8-20-6-9-21(15-25(20)28)27(29,30)31/h6-15,17H,2-5,16H2,1H3,(H,32,34)/b11-8+. The molecule has 0 aliphatic carbocycles. The fourth-order valence-electron chi connectivity index (χ4n) is 3.72. The molecule has 0 atom stereocenters. The van der Waals surface area contributed by atoms with Gasteiger partial charge in [-0.3, -0.25) is 5.10 Å². The number of oxazole rings is 1. The molecule has 0 bridgehead atoms. The van der Waals surface area contributed by atoms with E-state index in [9.17, 15) is 17.6 Å². The number of aromatic nitrogens is 3. The number of hydrogen-bond acceptors (Lipinski definition) is 4. The number of halogens is 4. The van der Waals surface area contributed by atoms with Crippen LogP contribution in [0.25, 0.3) is 12.2 Å². The molecule has 4 aromatic rings. The van der Waals surface area contributed by atoms with E-state index in [0.717, 1.165) is 49.1 Å². The van der Waals surface area contributed by atoms with Crippen LogP contribution in [0.5, 0.6) is 5.75 Å². The molecule has 5 nitrogen and oxygen atoms in total. The average molecular weight is 500 g/mol. The van der Waals surface area contributed by atoms with Crippen LogP contribution in [-0.2, 0) is 25.6 Å². The fraction of sp³-hybridized carbons (Fsp3) is 0.259. The van der Waals surface area contributed by atoms with Crippen molar-refractivity contribution in [3.05, 3.63) is 100 Å². The van der Waals surface area contributed by atoms with E-state index in [1.807, 2.05) is 18.2 Å². The van der Waals surface area contributed by atoms with Gasteiger partial charge >= 0.3 is 6.18 Å². The van der Waals surface area contributed by atoms with E-state index in [1.54, 1.807) is 6.20 Å². The van der Waals surface area contributed by atoms with E-state index >= 15 is 0 Å². The Hall–Kier alpha value is -3.88. The molecule has 1 N–H and O–H groups in total. The minimum Gasteiger partial charge on any atom is -0.487 e. The van der Waals surface area contributed by atoms with Crippen LogP contribution in [0.4, 0.5) is 17.6 Å². The Balaban J connectivity index is 1.27. The zero-order valence-electron chi connectivity index (χ0n) is 19.6. The maximum absolute atomic E-state index is 14.0. The summed E-state index contributed by atoms with van der Waals surface area (Å²) in [4.78, 5) is 4.25. The lowest BCUT2D eigenvalue weighted by molar-refractivity contribution is -0.137. The predicted octanol–water partition coefficient (Wildman–Crippen LogP) is 7.18. The van der Waals surface area contributed by atoms with Crippen molar-refractivity contribution < 1.29 is 26.7 Å². The molecule has 0 saturated carbocycles. The topological polar surface area (TPSA) is 63.9 Å². The third kappa shape index (κ3) is 6.84. The van der Waals surface area contributed by atoms with Gasteiger partial charge in [-0.2, -0.15) is 18.3 Å². The number of aryl methyl sites for hydroxylation is 3. The second kappa shape index (κ2) is 11.2. The number of benzene rings is 2. The molecule has 36 heavy (non-hydrogen) atoms. The Morgan fingerprint density at radius 1 is 1.03 bits per heavy atom. The van der Waals surface area contributed by atoms with Crippen molar-refractivity contribution in [2.24, 2.45) is 0 Å². The highest BCUT2D eigenvalue weighted by atomic mass is 19.4. The quantitative estimate of drug-likeness (QED) is 0.185. The van der Waals surface area contributed by atoms with Crippen LogP contribution >= 0.6 is 0 Å². The fourth-order valence-corrected chi connectivity index (χ4v) is 3.72. The summed E-state index contributed by atoms with van der Waals surface area (Å²) in [5.41, 5.74) is 3.06. The van der Waals surface area contributed by atoms with Crippen LogP contribution in [0.15, 0.2) is 59.3 Å². The first-order valence-corrected chi connectivity index (χ1v) is 11.5. The summed E-state index contributed by atoms with van der Waals surface area (Å²) in [6, 6.07) is 10.3. The number of unbranched alkanes of at least 4 members (excludes halogenated alkanes) is 1. The normalized spacial score (nSPS) is 11.9. The number of hydrogen-bond donors (Lipinski definition) is 1. The van der Waals surface area contributed by atoms with Crippen LogP contribution < -0.4 is 4.74 Å². The third-order valence-corrected chi connectivity index (χ3v) is 5.70. The molecular weight excluding hydrogens is 474 g/mol. The zero-order valence-corrected chi connectivity index (χ0v) is 19.6. The van der Waals surface area contributed by atoms with Gasteiger partial charge in [-0.1, -0.05) is 12.1 Å². The highest BCUT2D eigenvalue weighted by Crippen LogP contribution is 2.30. The number of nitrogens with one attached hydrogen (secondary N) is 1. The van der Waals surface area contributed by atoms with Crippen molar-refractivity contribution in [1.82, 2.24) is 15.2 Å². The van der Waals surface area contributed by atoms with Crippen molar-refractivity contribution in [3.63, 3.8) is 0 Å². The molecule has 0 fully saturated rings. The summed E-state index contributed by atoms with van der Waals surface area (Å²) in [5.74, 6) is -0.0806. The highest BCUT2D eigenvalue weighted by molar-refractivity contribution is 5.66. The number of ether oxygens (including phenoxy) is 1. The SMILES string of the molecule is Cc1cc(OCc2coc(/C=C/c3ccc(C(F)(F)F)cc3F)n2)ccc1CCCCc1ccn[nH]1. The Bertz CT molecular complexity index is 1310. The summed E-state index contributed by atoms with van der Waals surface area (Å²) in [5, 5.41) is 6.94. The second-order valence-electron chi connectivity index (χ2n) is 8.41. The van der Waals surface area contributed by atoms with Gasteiger partial charge in [0.1, 0.15) is 30.1 Å². The van der Waals surface area contributed by atoms with Gasteiger partial charge in [0.15, 0.2) is 0 Å². The van der Waals surface area contributed by atoms with Crippen LogP contribution in [0.3, 0.4) is 0 Å². The van der Waals surface area contributed by atoms with Crippen LogP contribution in [-0.4, -0.2) is 15.2 Å². The lowest BCUT2D eigenvalue weighted by Gasteiger charge is -2.09. The number of alkyl halides is 3. The number of aromatic amines is 1. The Labute approximate surface area is 205 Å². The minimum atomic E-state index is -4.60. The van der Waals surface area contributed by atoms with Gasteiger partial charge < -0.3 is 9.15 Å². The first-order valence-electron chi connectivity index (χ1n) is 11.5. The van der Waals surface area contributed by atoms with Crippen LogP contribution in [0.1, 0.15) is 52.4 Å². The Morgan fingerprint density at radius 3 is 2.58 bits per heavy atom. The molecule has 0 amide bonds. The minimum absolute atomic E-state index is 0.00382. The van der Waals surface area contributed by atoms with E-state index in [0.29, 0.717) is 17.5 Å². The van der Waals surface area contributed by atoms with E-state index < -0.39 is 17.6 Å². The zero-order chi connectivity index (χ0) is 25.5. The van der Waals surface area contributed by atoms with Gasteiger partial charge in [0, 0.05) is 23.5 Å². The Morgan fingerprint density at radius 2 is 1.86 bits per heavy atom. The molecule has 2 aromatic carbocycles. The van der Waals surface area contributed by atoms with Gasteiger partial charge in [0.25, 0.3) is 0 Å². The van der Waals surface area contributed by atoms with Gasteiger partial charge in [-0.15, -0.1) is 0 Å². The van der Waals surface area contributed by atoms with Gasteiger partial charge in [-0.25, -0.2) is 9.37 Å². The molecule has 2 aromatic heterocycles. The number of rotatable bonds is 10. The molecule has 0 aliphatic rings. The predicted molar refractivity (Wildman–Crippen MR) is 128 cm³/mol. The summed E-state index contributed by atoms with van der Waals surface area (Å²) >= 11 is 0. The highest BCUT2D eigenvalue weighted by Gasteiger charge is 2.30. The molecule has 0 aliphatic heterocycles. The van der Waals surface area contributed by atoms with Crippen molar-refractivity contribution >= 4 is 12.2 Å². The summed E-state index contributed by atoms with van der Waals surface area (Å²) in [6.07, 6.45) is 5.40. The van der Waals surface area contributed by atoms with E-state index in [4.69, 9.17) is 9.15 Å². The van der Waals surface area contributed by atoms with Crippen molar-refractivity contribution in [1.29, 1.82) is 0 Å². The Kier molecular flexibility index (Phi) is 7.87. The first-order chi connectivity index (χ1) is 17.3. The lowest BCUT2D eigenvalue weighted by atomic mass is 10.0. The number of H-pyrrole nitrogens is 1. The van der Waals surface area contributed by atoms with E-state index in [-0.39, 0.29) is 18.1 Å². The molecule has 2 heterocycles. The molecule has 0 radical (unpaired) electrons. The van der Waals surface area contributed by atoms with Crippen molar-refractivity contribution in [2.45, 2.75) is 45.4 Å². The first kappa shape index (κ1) is 25.2. The van der Waals surface area contributed by atoms with Crippen LogP contribution in [0, 0.1) is 12.7 Å². The van der Waals surface area contributed by atoms with Gasteiger partial charge in [0.05, 0.1) is 5.56 Å². The molecule has 4 rings (SSSR count). The van der Waals surface area contributed by atoms with Gasteiger partial charge in [-0.05, 0) is 80.1 Å². The van der Waals surface area contributed by atoms with Crippen molar-refractivity contribution in [3.8, 4) is 5.75 Å². The number of nitrogens with zero attached hydrogens (tertiary/aromatic N) is 2. The molecular formula is C27H25F4N3O2. The molecule has 188 valence electrons. The summed E-state index contributed by atoms with van der Waals surface area (Å²) < 4.78 is 63.1. The molecule has 0 saturated heterocycles. The van der Waals surface area contributed by atoms with E-state index in [1.165, 1.54) is 24.0 Å². The maximum Gasteiger partial charge on any atom is 0.416 e. The summed E-state index contributed by atoms with van der Waals surface area (Å²) in [6.45, 7) is 2.23.